The lowest BCUT2D eigenvalue weighted by Gasteiger charge is -2.14. The van der Waals surface area contributed by atoms with Gasteiger partial charge in [-0.2, -0.15) is 4.37 Å². The maximum absolute atomic E-state index is 4.49. The third-order valence-electron chi connectivity index (χ3n) is 2.32. The predicted octanol–water partition coefficient (Wildman–Crippen LogP) is 4.11. The van der Waals surface area contributed by atoms with Crippen LogP contribution in [0.5, 0.6) is 0 Å². The average Bonchev–Trinajstić information content (AvgIpc) is 2.67. The molecule has 0 atom stereocenters. The van der Waals surface area contributed by atoms with Crippen LogP contribution in [0.4, 0.5) is 0 Å². The van der Waals surface area contributed by atoms with E-state index in [-0.39, 0.29) is 5.41 Å². The van der Waals surface area contributed by atoms with Crippen molar-refractivity contribution in [1.82, 2.24) is 4.37 Å². The molecule has 1 nitrogen and oxygen atoms in total. The fourth-order valence-electron chi connectivity index (χ4n) is 1.37. The van der Waals surface area contributed by atoms with Crippen molar-refractivity contribution in [1.29, 1.82) is 0 Å². The first-order valence-corrected chi connectivity index (χ1v) is 5.87. The van der Waals surface area contributed by atoms with Crippen LogP contribution in [-0.4, -0.2) is 4.37 Å². The van der Waals surface area contributed by atoms with E-state index in [4.69, 9.17) is 0 Å². The van der Waals surface area contributed by atoms with E-state index in [0.29, 0.717) is 0 Å². The van der Waals surface area contributed by atoms with Crippen molar-refractivity contribution in [3.63, 3.8) is 0 Å². The topological polar surface area (TPSA) is 12.9 Å². The molecule has 2 heteroatoms. The van der Waals surface area contributed by atoms with Gasteiger partial charge in [-0.1, -0.05) is 51.1 Å². The largest absolute Gasteiger partial charge is 0.192 e. The highest BCUT2D eigenvalue weighted by Gasteiger charge is 2.17. The molecule has 0 aliphatic rings. The summed E-state index contributed by atoms with van der Waals surface area (Å²) in [5.74, 6) is 0. The molecule has 0 amide bonds. The van der Waals surface area contributed by atoms with Crippen LogP contribution < -0.4 is 0 Å². The molecule has 0 unspecified atom stereocenters. The zero-order chi connectivity index (χ0) is 10.9. The van der Waals surface area contributed by atoms with Crippen LogP contribution in [0.1, 0.15) is 25.6 Å². The van der Waals surface area contributed by atoms with Crippen LogP contribution in [0.3, 0.4) is 0 Å². The minimum Gasteiger partial charge on any atom is -0.192 e. The summed E-state index contributed by atoms with van der Waals surface area (Å²) in [4.78, 5) is 1.33. The molecule has 2 rings (SSSR count). The van der Waals surface area contributed by atoms with E-state index in [0.717, 1.165) is 5.69 Å². The molecule has 0 spiro atoms. The monoisotopic (exact) mass is 217 g/mol. The third kappa shape index (κ3) is 2.26. The lowest BCUT2D eigenvalue weighted by atomic mass is 9.94. The molecular formula is C13H15NS. The zero-order valence-corrected chi connectivity index (χ0v) is 10.1. The molecule has 78 valence electrons. The molecule has 0 saturated heterocycles. The smallest absolute Gasteiger partial charge is 0.0843 e. The van der Waals surface area contributed by atoms with Crippen molar-refractivity contribution in [3.05, 3.63) is 41.3 Å². The van der Waals surface area contributed by atoms with Crippen molar-refractivity contribution < 1.29 is 0 Å². The van der Waals surface area contributed by atoms with Gasteiger partial charge in [0, 0.05) is 10.4 Å². The SMILES string of the molecule is CC(C)(C)c1cc(-c2ccccc2)ns1. The summed E-state index contributed by atoms with van der Waals surface area (Å²) in [6, 6.07) is 12.5. The second-order valence-corrected chi connectivity index (χ2v) is 5.50. The Morgan fingerprint density at radius 2 is 1.73 bits per heavy atom. The van der Waals surface area contributed by atoms with Gasteiger partial charge in [-0.25, -0.2) is 0 Å². The maximum Gasteiger partial charge on any atom is 0.0843 e. The number of benzene rings is 1. The molecule has 1 aromatic heterocycles. The molecule has 0 N–H and O–H groups in total. The van der Waals surface area contributed by atoms with Gasteiger partial charge in [-0.3, -0.25) is 0 Å². The first-order valence-electron chi connectivity index (χ1n) is 5.10. The second kappa shape index (κ2) is 3.78. The highest BCUT2D eigenvalue weighted by molar-refractivity contribution is 7.06. The Morgan fingerprint density at radius 3 is 2.27 bits per heavy atom. The Morgan fingerprint density at radius 1 is 1.07 bits per heavy atom. The first kappa shape index (κ1) is 10.4. The normalized spacial score (nSPS) is 11.7. The van der Waals surface area contributed by atoms with Gasteiger partial charge >= 0.3 is 0 Å². The maximum atomic E-state index is 4.49. The lowest BCUT2D eigenvalue weighted by Crippen LogP contribution is -2.07. The fraction of sp³-hybridized carbons (Fsp3) is 0.308. The summed E-state index contributed by atoms with van der Waals surface area (Å²) in [5.41, 5.74) is 2.49. The van der Waals surface area contributed by atoms with Gasteiger partial charge in [-0.15, -0.1) is 0 Å². The van der Waals surface area contributed by atoms with Crippen LogP contribution in [-0.2, 0) is 5.41 Å². The number of rotatable bonds is 1. The Kier molecular flexibility index (Phi) is 2.61. The average molecular weight is 217 g/mol. The van der Waals surface area contributed by atoms with E-state index in [1.54, 1.807) is 11.5 Å². The number of hydrogen-bond acceptors (Lipinski definition) is 2. The highest BCUT2D eigenvalue weighted by atomic mass is 32.1. The molecule has 1 heterocycles. The molecule has 0 saturated carbocycles. The van der Waals surface area contributed by atoms with Crippen molar-refractivity contribution in [2.75, 3.05) is 0 Å². The van der Waals surface area contributed by atoms with E-state index in [9.17, 15) is 0 Å². The van der Waals surface area contributed by atoms with Gasteiger partial charge in [0.15, 0.2) is 0 Å². The molecule has 0 radical (unpaired) electrons. The molecular weight excluding hydrogens is 202 g/mol. The molecule has 0 bridgehead atoms. The van der Waals surface area contributed by atoms with Crippen LogP contribution in [0, 0.1) is 0 Å². The molecule has 15 heavy (non-hydrogen) atoms. The van der Waals surface area contributed by atoms with Gasteiger partial charge in [0.05, 0.1) is 5.69 Å². The van der Waals surface area contributed by atoms with Crippen LogP contribution >= 0.6 is 11.5 Å². The van der Waals surface area contributed by atoms with E-state index in [1.807, 2.05) is 18.2 Å². The summed E-state index contributed by atoms with van der Waals surface area (Å²) in [6.45, 7) is 6.65. The van der Waals surface area contributed by atoms with Crippen molar-refractivity contribution >= 4 is 11.5 Å². The number of aromatic nitrogens is 1. The van der Waals surface area contributed by atoms with Gasteiger partial charge in [0.2, 0.25) is 0 Å². The van der Waals surface area contributed by atoms with Crippen molar-refractivity contribution in [2.45, 2.75) is 26.2 Å². The Bertz CT molecular complexity index is 437. The second-order valence-electron chi connectivity index (χ2n) is 4.69. The van der Waals surface area contributed by atoms with E-state index in [2.05, 4.69) is 43.3 Å². The fourth-order valence-corrected chi connectivity index (χ4v) is 2.17. The quantitative estimate of drug-likeness (QED) is 0.700. The van der Waals surface area contributed by atoms with Gasteiger partial charge in [0.25, 0.3) is 0 Å². The van der Waals surface area contributed by atoms with Gasteiger partial charge in [0.1, 0.15) is 0 Å². The number of hydrogen-bond donors (Lipinski definition) is 0. The predicted molar refractivity (Wildman–Crippen MR) is 66.3 cm³/mol. The minimum atomic E-state index is 0.199. The van der Waals surface area contributed by atoms with Crippen LogP contribution in [0.15, 0.2) is 36.4 Å². The highest BCUT2D eigenvalue weighted by Crippen LogP contribution is 2.30. The summed E-state index contributed by atoms with van der Waals surface area (Å²) >= 11 is 1.60. The standard InChI is InChI=1S/C13H15NS/c1-13(2,3)12-9-11(14-15-12)10-7-5-4-6-8-10/h4-9H,1-3H3. The van der Waals surface area contributed by atoms with Gasteiger partial charge < -0.3 is 0 Å². The first-order chi connectivity index (χ1) is 7.07. The van der Waals surface area contributed by atoms with Crippen molar-refractivity contribution in [2.24, 2.45) is 0 Å². The van der Waals surface area contributed by atoms with E-state index in [1.165, 1.54) is 10.4 Å². The van der Waals surface area contributed by atoms with Crippen molar-refractivity contribution in [3.8, 4) is 11.3 Å². The summed E-state index contributed by atoms with van der Waals surface area (Å²) in [6.07, 6.45) is 0. The Labute approximate surface area is 94.9 Å². The van der Waals surface area contributed by atoms with Crippen LogP contribution in [0.2, 0.25) is 0 Å². The minimum absolute atomic E-state index is 0.199. The summed E-state index contributed by atoms with van der Waals surface area (Å²) in [5, 5.41) is 0. The molecule has 0 aliphatic heterocycles. The zero-order valence-electron chi connectivity index (χ0n) is 9.32. The third-order valence-corrected chi connectivity index (χ3v) is 3.53. The molecule has 2 aromatic rings. The summed E-state index contributed by atoms with van der Waals surface area (Å²) < 4.78 is 4.49. The van der Waals surface area contributed by atoms with E-state index >= 15 is 0 Å². The molecule has 0 fully saturated rings. The Balaban J connectivity index is 2.37. The lowest BCUT2D eigenvalue weighted by molar-refractivity contribution is 0.604. The molecule has 1 aromatic carbocycles. The Hall–Kier alpha value is -1.15. The molecule has 0 aliphatic carbocycles. The van der Waals surface area contributed by atoms with Crippen LogP contribution in [0.25, 0.3) is 11.3 Å². The number of nitrogens with zero attached hydrogens (tertiary/aromatic N) is 1. The van der Waals surface area contributed by atoms with E-state index < -0.39 is 0 Å². The summed E-state index contributed by atoms with van der Waals surface area (Å²) in [7, 11) is 0. The van der Waals surface area contributed by atoms with Gasteiger partial charge in [-0.05, 0) is 23.0 Å².